The van der Waals surface area contributed by atoms with Crippen molar-refractivity contribution in [1.29, 1.82) is 0 Å². The van der Waals surface area contributed by atoms with Gasteiger partial charge in [-0.25, -0.2) is 0 Å². The summed E-state index contributed by atoms with van der Waals surface area (Å²) in [6, 6.07) is 7.08. The molecule has 0 bridgehead atoms. The molecule has 0 aromatic heterocycles. The SMILES string of the molecule is CCC(C)Nc1cccc(CSC)c1C. The molecule has 0 radical (unpaired) electrons. The molecule has 1 rings (SSSR count). The minimum atomic E-state index is 0.549. The zero-order chi connectivity index (χ0) is 11.3. The van der Waals surface area contributed by atoms with Crippen LogP contribution in [0.25, 0.3) is 0 Å². The predicted octanol–water partition coefficient (Wildman–Crippen LogP) is 4.07. The largest absolute Gasteiger partial charge is 0.382 e. The molecule has 1 atom stereocenters. The third-order valence-corrected chi connectivity index (χ3v) is 3.36. The first-order valence-electron chi connectivity index (χ1n) is 5.53. The third kappa shape index (κ3) is 3.45. The number of thioether (sulfide) groups is 1. The standard InChI is InChI=1S/C13H21NS/c1-5-10(2)14-13-8-6-7-12(9-15-4)11(13)3/h6-8,10,14H,5,9H2,1-4H3. The maximum Gasteiger partial charge on any atom is 0.0375 e. The molecule has 0 aliphatic carbocycles. The van der Waals surface area contributed by atoms with Gasteiger partial charge in [0, 0.05) is 17.5 Å². The summed E-state index contributed by atoms with van der Waals surface area (Å²) >= 11 is 1.87. The lowest BCUT2D eigenvalue weighted by Crippen LogP contribution is -2.14. The van der Waals surface area contributed by atoms with Crippen LogP contribution in [0.2, 0.25) is 0 Å². The summed E-state index contributed by atoms with van der Waals surface area (Å²) in [5.41, 5.74) is 4.12. The molecule has 2 heteroatoms. The van der Waals surface area contributed by atoms with E-state index in [0.717, 1.165) is 12.2 Å². The Balaban J connectivity index is 2.84. The van der Waals surface area contributed by atoms with E-state index in [4.69, 9.17) is 0 Å². The van der Waals surface area contributed by atoms with E-state index in [0.29, 0.717) is 6.04 Å². The highest BCUT2D eigenvalue weighted by Crippen LogP contribution is 2.22. The Morgan fingerprint density at radius 1 is 1.40 bits per heavy atom. The Hall–Kier alpha value is -0.630. The molecular formula is C13H21NS. The molecule has 0 heterocycles. The quantitative estimate of drug-likeness (QED) is 0.807. The minimum absolute atomic E-state index is 0.549. The second kappa shape index (κ2) is 6.06. The lowest BCUT2D eigenvalue weighted by Gasteiger charge is -2.17. The van der Waals surface area contributed by atoms with Gasteiger partial charge in [0.1, 0.15) is 0 Å². The highest BCUT2D eigenvalue weighted by Gasteiger charge is 2.05. The van der Waals surface area contributed by atoms with Crippen LogP contribution in [0.3, 0.4) is 0 Å². The van der Waals surface area contributed by atoms with Crippen LogP contribution in [0.5, 0.6) is 0 Å². The van der Waals surface area contributed by atoms with Gasteiger partial charge >= 0.3 is 0 Å². The van der Waals surface area contributed by atoms with Crippen LogP contribution in [0.15, 0.2) is 18.2 Å². The molecule has 1 aromatic rings. The molecule has 0 spiro atoms. The first-order chi connectivity index (χ1) is 7.19. The zero-order valence-electron chi connectivity index (χ0n) is 10.1. The Morgan fingerprint density at radius 2 is 2.13 bits per heavy atom. The van der Waals surface area contributed by atoms with Crippen LogP contribution in [0.4, 0.5) is 5.69 Å². The normalized spacial score (nSPS) is 12.5. The van der Waals surface area contributed by atoms with Gasteiger partial charge in [0.25, 0.3) is 0 Å². The van der Waals surface area contributed by atoms with E-state index < -0.39 is 0 Å². The number of benzene rings is 1. The highest BCUT2D eigenvalue weighted by molar-refractivity contribution is 7.97. The summed E-state index contributed by atoms with van der Waals surface area (Å²) in [5, 5.41) is 3.55. The van der Waals surface area contributed by atoms with Crippen LogP contribution in [-0.2, 0) is 5.75 Å². The van der Waals surface area contributed by atoms with E-state index >= 15 is 0 Å². The number of hydrogen-bond donors (Lipinski definition) is 1. The molecule has 1 aromatic carbocycles. The van der Waals surface area contributed by atoms with Crippen molar-refractivity contribution < 1.29 is 0 Å². The molecule has 0 aliphatic heterocycles. The van der Waals surface area contributed by atoms with Gasteiger partial charge in [0.2, 0.25) is 0 Å². The number of anilines is 1. The average Bonchev–Trinajstić information content (AvgIpc) is 2.24. The zero-order valence-corrected chi connectivity index (χ0v) is 10.9. The Labute approximate surface area is 97.7 Å². The van der Waals surface area contributed by atoms with Crippen LogP contribution in [0.1, 0.15) is 31.4 Å². The van der Waals surface area contributed by atoms with Crippen LogP contribution >= 0.6 is 11.8 Å². The van der Waals surface area contributed by atoms with E-state index in [9.17, 15) is 0 Å². The molecule has 1 unspecified atom stereocenters. The molecule has 84 valence electrons. The monoisotopic (exact) mass is 223 g/mol. The summed E-state index contributed by atoms with van der Waals surface area (Å²) in [6.45, 7) is 6.63. The molecule has 1 nitrogen and oxygen atoms in total. The van der Waals surface area contributed by atoms with Crippen LogP contribution in [0, 0.1) is 6.92 Å². The number of rotatable bonds is 5. The fourth-order valence-electron chi connectivity index (χ4n) is 1.52. The van der Waals surface area contributed by atoms with Gasteiger partial charge in [-0.3, -0.25) is 0 Å². The smallest absolute Gasteiger partial charge is 0.0375 e. The highest BCUT2D eigenvalue weighted by atomic mass is 32.2. The van der Waals surface area contributed by atoms with E-state index in [2.05, 4.69) is 50.5 Å². The first kappa shape index (κ1) is 12.4. The molecule has 0 amide bonds. The molecule has 0 saturated carbocycles. The molecule has 0 aliphatic rings. The van der Waals surface area contributed by atoms with Crippen molar-refractivity contribution in [3.8, 4) is 0 Å². The van der Waals surface area contributed by atoms with E-state index in [-0.39, 0.29) is 0 Å². The first-order valence-corrected chi connectivity index (χ1v) is 6.92. The predicted molar refractivity (Wildman–Crippen MR) is 71.8 cm³/mol. The van der Waals surface area contributed by atoms with Crippen LogP contribution < -0.4 is 5.32 Å². The van der Waals surface area contributed by atoms with Gasteiger partial charge in [-0.1, -0.05) is 19.1 Å². The summed E-state index contributed by atoms with van der Waals surface area (Å²) in [5.74, 6) is 1.10. The van der Waals surface area contributed by atoms with Crippen molar-refractivity contribution in [3.05, 3.63) is 29.3 Å². The molecule has 1 N–H and O–H groups in total. The average molecular weight is 223 g/mol. The van der Waals surface area contributed by atoms with Gasteiger partial charge in [0.05, 0.1) is 0 Å². The van der Waals surface area contributed by atoms with Crippen molar-refractivity contribution >= 4 is 17.4 Å². The minimum Gasteiger partial charge on any atom is -0.382 e. The summed E-state index contributed by atoms with van der Waals surface area (Å²) in [7, 11) is 0. The topological polar surface area (TPSA) is 12.0 Å². The Bertz CT molecular complexity index is 309. The molecular weight excluding hydrogens is 202 g/mol. The third-order valence-electron chi connectivity index (χ3n) is 2.76. The molecule has 15 heavy (non-hydrogen) atoms. The molecule has 0 saturated heterocycles. The maximum absolute atomic E-state index is 3.55. The van der Waals surface area contributed by atoms with E-state index in [1.807, 2.05) is 11.8 Å². The van der Waals surface area contributed by atoms with E-state index in [1.165, 1.54) is 16.8 Å². The second-order valence-corrected chi connectivity index (χ2v) is 4.84. The lowest BCUT2D eigenvalue weighted by atomic mass is 10.1. The lowest BCUT2D eigenvalue weighted by molar-refractivity contribution is 0.763. The fourth-order valence-corrected chi connectivity index (χ4v) is 2.14. The fraction of sp³-hybridized carbons (Fsp3) is 0.538. The van der Waals surface area contributed by atoms with Crippen molar-refractivity contribution in [2.75, 3.05) is 11.6 Å². The molecule has 0 fully saturated rings. The maximum atomic E-state index is 3.55. The summed E-state index contributed by atoms with van der Waals surface area (Å²) < 4.78 is 0. The van der Waals surface area contributed by atoms with Gasteiger partial charge < -0.3 is 5.32 Å². The van der Waals surface area contributed by atoms with Crippen molar-refractivity contribution in [2.45, 2.75) is 39.0 Å². The van der Waals surface area contributed by atoms with Gasteiger partial charge in [0.15, 0.2) is 0 Å². The van der Waals surface area contributed by atoms with Crippen molar-refractivity contribution in [3.63, 3.8) is 0 Å². The van der Waals surface area contributed by atoms with Crippen molar-refractivity contribution in [2.24, 2.45) is 0 Å². The Morgan fingerprint density at radius 3 is 2.73 bits per heavy atom. The van der Waals surface area contributed by atoms with Gasteiger partial charge in [-0.15, -0.1) is 0 Å². The summed E-state index contributed by atoms with van der Waals surface area (Å²) in [4.78, 5) is 0. The van der Waals surface area contributed by atoms with Gasteiger partial charge in [-0.05, 0) is 43.7 Å². The van der Waals surface area contributed by atoms with E-state index in [1.54, 1.807) is 0 Å². The number of nitrogens with one attached hydrogen (secondary N) is 1. The van der Waals surface area contributed by atoms with Gasteiger partial charge in [-0.2, -0.15) is 11.8 Å². The summed E-state index contributed by atoms with van der Waals surface area (Å²) in [6.07, 6.45) is 3.31. The van der Waals surface area contributed by atoms with Crippen LogP contribution in [-0.4, -0.2) is 12.3 Å². The van der Waals surface area contributed by atoms with Crippen molar-refractivity contribution in [1.82, 2.24) is 0 Å². The second-order valence-electron chi connectivity index (χ2n) is 3.98. The Kier molecular flexibility index (Phi) is 5.03. The number of hydrogen-bond acceptors (Lipinski definition) is 2.